The number of piperidine rings is 1. The predicted octanol–water partition coefficient (Wildman–Crippen LogP) is 3.97. The molecule has 37 heavy (non-hydrogen) atoms. The van der Waals surface area contributed by atoms with Crippen molar-refractivity contribution in [2.45, 2.75) is 63.6 Å². The van der Waals surface area contributed by atoms with Crippen LogP contribution < -0.4 is 10.2 Å². The molecule has 9 nitrogen and oxygen atoms in total. The topological polar surface area (TPSA) is 103 Å². The number of aromatic nitrogens is 2. The van der Waals surface area contributed by atoms with Gasteiger partial charge >= 0.3 is 6.03 Å². The quantitative estimate of drug-likeness (QED) is 0.586. The Labute approximate surface area is 214 Å². The summed E-state index contributed by atoms with van der Waals surface area (Å²) in [5, 5.41) is 16.1. The lowest BCUT2D eigenvalue weighted by Crippen LogP contribution is -2.54. The number of likely N-dealkylation sites (tertiary alicyclic amines) is 1. The van der Waals surface area contributed by atoms with Crippen LogP contribution in [0.4, 0.5) is 25.2 Å². The number of amides is 2. The van der Waals surface area contributed by atoms with Crippen LogP contribution >= 0.6 is 0 Å². The minimum Gasteiger partial charge on any atom is -0.392 e. The second kappa shape index (κ2) is 11.0. The normalized spacial score (nSPS) is 21.0. The monoisotopic (exact) mass is 514 g/mol. The van der Waals surface area contributed by atoms with Crippen LogP contribution in [-0.4, -0.2) is 70.1 Å². The van der Waals surface area contributed by atoms with E-state index < -0.39 is 23.8 Å². The summed E-state index contributed by atoms with van der Waals surface area (Å²) in [6, 6.07) is 2.40. The average Bonchev–Trinajstić information content (AvgIpc) is 2.89. The molecule has 2 N–H and O–H groups in total. The first-order valence-electron chi connectivity index (χ1n) is 12.8. The average molecular weight is 515 g/mol. The zero-order chi connectivity index (χ0) is 25.9. The van der Waals surface area contributed by atoms with Gasteiger partial charge in [0, 0.05) is 38.3 Å². The number of nitrogens with one attached hydrogen (secondary N) is 1. The number of carbonyl (C=O) groups is 1. The van der Waals surface area contributed by atoms with Gasteiger partial charge in [-0.25, -0.2) is 23.5 Å². The van der Waals surface area contributed by atoms with Gasteiger partial charge in [-0.15, -0.1) is 0 Å². The zero-order valence-electron chi connectivity index (χ0n) is 20.9. The minimum atomic E-state index is -1.06. The molecule has 3 fully saturated rings. The van der Waals surface area contributed by atoms with E-state index in [1.54, 1.807) is 6.07 Å². The maximum Gasteiger partial charge on any atom is 0.322 e. The first-order chi connectivity index (χ1) is 17.9. The summed E-state index contributed by atoms with van der Waals surface area (Å²) in [4.78, 5) is 30.2. The van der Waals surface area contributed by atoms with Gasteiger partial charge in [-0.2, -0.15) is 0 Å². The van der Waals surface area contributed by atoms with Gasteiger partial charge in [0.05, 0.1) is 30.6 Å². The molecule has 1 aromatic heterocycles. The fourth-order valence-corrected chi connectivity index (χ4v) is 5.00. The van der Waals surface area contributed by atoms with Crippen molar-refractivity contribution in [3.8, 4) is 0 Å². The lowest BCUT2D eigenvalue weighted by Gasteiger charge is -2.35. The molecule has 11 heteroatoms. The Morgan fingerprint density at radius 3 is 2.41 bits per heavy atom. The molecule has 198 valence electrons. The van der Waals surface area contributed by atoms with Crippen molar-refractivity contribution in [1.82, 2.24) is 14.9 Å². The fraction of sp³-hybridized carbons (Fsp3) is 0.538. The number of β-amino-alcohol motifs (C(OH)–C–C–N with tert-alkyl or cyclic N) is 1. The van der Waals surface area contributed by atoms with Crippen molar-refractivity contribution >= 4 is 23.4 Å². The smallest absolute Gasteiger partial charge is 0.322 e. The maximum atomic E-state index is 14.9. The second-order valence-corrected chi connectivity index (χ2v) is 10.1. The van der Waals surface area contributed by atoms with Gasteiger partial charge < -0.3 is 25.1 Å². The number of nitrogens with zero attached hydrogens (tertiary/aromatic N) is 5. The summed E-state index contributed by atoms with van der Waals surface area (Å²) in [6.45, 7) is 3.95. The van der Waals surface area contributed by atoms with Gasteiger partial charge in [0.1, 0.15) is 6.10 Å². The van der Waals surface area contributed by atoms with E-state index in [9.17, 15) is 18.7 Å². The van der Waals surface area contributed by atoms with Crippen molar-refractivity contribution in [3.05, 3.63) is 47.3 Å². The van der Waals surface area contributed by atoms with Gasteiger partial charge in [0.2, 0.25) is 5.95 Å². The molecule has 0 atom stereocenters. The van der Waals surface area contributed by atoms with E-state index in [4.69, 9.17) is 4.84 Å². The predicted molar refractivity (Wildman–Crippen MR) is 135 cm³/mol. The highest BCUT2D eigenvalue weighted by molar-refractivity contribution is 5.90. The standard InChI is InChI=1S/C26H32F2N6O3/c1-16-12-29-25(30-13-16)33-10-8-20(9-11-33)37-32-18-4-2-17(3-5-18)21-6-7-22(24(28)23(21)27)31-26(36)34-14-19(35)15-34/h6-7,12-13,17,19-20,35H,2-5,8-11,14-15H2,1H3,(H,31,36). The zero-order valence-corrected chi connectivity index (χ0v) is 20.9. The molecule has 1 aromatic carbocycles. The van der Waals surface area contributed by atoms with Crippen LogP contribution in [0.5, 0.6) is 0 Å². The minimum absolute atomic E-state index is 0.0424. The molecule has 0 unspecified atom stereocenters. The summed E-state index contributed by atoms with van der Waals surface area (Å²) in [5.74, 6) is -1.37. The van der Waals surface area contributed by atoms with Crippen molar-refractivity contribution in [1.29, 1.82) is 0 Å². The van der Waals surface area contributed by atoms with Gasteiger partial charge in [0.25, 0.3) is 0 Å². The van der Waals surface area contributed by atoms with Crippen LogP contribution in [0, 0.1) is 18.6 Å². The number of carbonyl (C=O) groups excluding carboxylic acids is 1. The van der Waals surface area contributed by atoms with Crippen LogP contribution in [0.25, 0.3) is 0 Å². The Hall–Kier alpha value is -3.34. The van der Waals surface area contributed by atoms with E-state index in [2.05, 4.69) is 25.3 Å². The fourth-order valence-electron chi connectivity index (χ4n) is 5.00. The molecule has 0 radical (unpaired) electrons. The first kappa shape index (κ1) is 25.3. The molecule has 2 saturated heterocycles. The number of aliphatic hydroxyl groups is 1. The van der Waals surface area contributed by atoms with Crippen LogP contribution in [0.15, 0.2) is 29.7 Å². The van der Waals surface area contributed by atoms with Gasteiger partial charge in [-0.1, -0.05) is 11.2 Å². The number of benzene rings is 1. The van der Waals surface area contributed by atoms with E-state index in [-0.39, 0.29) is 30.8 Å². The highest BCUT2D eigenvalue weighted by Gasteiger charge is 2.30. The van der Waals surface area contributed by atoms with Crippen molar-refractivity contribution in [3.63, 3.8) is 0 Å². The summed E-state index contributed by atoms with van der Waals surface area (Å²) >= 11 is 0. The molecule has 2 aromatic rings. The largest absolute Gasteiger partial charge is 0.392 e. The third-order valence-electron chi connectivity index (χ3n) is 7.33. The Morgan fingerprint density at radius 2 is 1.76 bits per heavy atom. The maximum absolute atomic E-state index is 14.9. The molecular weight excluding hydrogens is 482 g/mol. The molecule has 5 rings (SSSR count). The number of hydrogen-bond acceptors (Lipinski definition) is 7. The van der Waals surface area contributed by atoms with Crippen molar-refractivity contribution in [2.24, 2.45) is 5.16 Å². The number of halogens is 2. The Balaban J connectivity index is 1.09. The van der Waals surface area contributed by atoms with E-state index in [0.717, 1.165) is 43.2 Å². The molecule has 3 aliphatic rings. The molecule has 0 bridgehead atoms. The number of urea groups is 1. The van der Waals surface area contributed by atoms with Crippen molar-refractivity contribution in [2.75, 3.05) is 36.4 Å². The van der Waals surface area contributed by atoms with Gasteiger partial charge in [-0.05, 0) is 55.7 Å². The second-order valence-electron chi connectivity index (χ2n) is 10.1. The van der Waals surface area contributed by atoms with Gasteiger partial charge in [-0.3, -0.25) is 0 Å². The number of anilines is 2. The molecule has 1 aliphatic carbocycles. The summed E-state index contributed by atoms with van der Waals surface area (Å²) in [7, 11) is 0. The van der Waals surface area contributed by atoms with Crippen LogP contribution in [-0.2, 0) is 4.84 Å². The van der Waals surface area contributed by atoms with Crippen LogP contribution in [0.3, 0.4) is 0 Å². The molecule has 0 spiro atoms. The number of rotatable bonds is 5. The Morgan fingerprint density at radius 1 is 1.08 bits per heavy atom. The summed E-state index contributed by atoms with van der Waals surface area (Å²) in [6.07, 6.45) is 7.42. The van der Waals surface area contributed by atoms with E-state index in [0.29, 0.717) is 31.2 Å². The molecule has 3 heterocycles. The lowest BCUT2D eigenvalue weighted by molar-refractivity contribution is 0.0308. The lowest BCUT2D eigenvalue weighted by atomic mass is 9.83. The summed E-state index contributed by atoms with van der Waals surface area (Å²) in [5.41, 5.74) is 2.10. The van der Waals surface area contributed by atoms with Gasteiger partial charge in [0.15, 0.2) is 11.6 Å². The number of aliphatic hydroxyl groups excluding tert-OH is 1. The third-order valence-corrected chi connectivity index (χ3v) is 7.33. The first-order valence-corrected chi connectivity index (χ1v) is 12.8. The molecule has 2 amide bonds. The SMILES string of the molecule is Cc1cnc(N2CCC(ON=C3CCC(c4ccc(NC(=O)N5CC(O)C5)c(F)c4F)CC3)CC2)nc1. The molecule has 1 saturated carbocycles. The highest BCUT2D eigenvalue weighted by atomic mass is 19.2. The number of aryl methyl sites for hydroxylation is 1. The van der Waals surface area contributed by atoms with Crippen molar-refractivity contribution < 1.29 is 23.5 Å². The number of oxime groups is 1. The summed E-state index contributed by atoms with van der Waals surface area (Å²) < 4.78 is 29.6. The highest BCUT2D eigenvalue weighted by Crippen LogP contribution is 2.35. The van der Waals surface area contributed by atoms with E-state index >= 15 is 0 Å². The Kier molecular flexibility index (Phi) is 7.50. The van der Waals surface area contributed by atoms with E-state index in [1.807, 2.05) is 19.3 Å². The number of hydrogen-bond donors (Lipinski definition) is 2. The van der Waals surface area contributed by atoms with Crippen LogP contribution in [0.1, 0.15) is 55.6 Å². The van der Waals surface area contributed by atoms with Crippen LogP contribution in [0.2, 0.25) is 0 Å². The molecule has 2 aliphatic heterocycles. The van der Waals surface area contributed by atoms with E-state index in [1.165, 1.54) is 11.0 Å². The third kappa shape index (κ3) is 5.82. The molecular formula is C26H32F2N6O3. The Bertz CT molecular complexity index is 1140.